The summed E-state index contributed by atoms with van der Waals surface area (Å²) in [4.78, 5) is 12.0. The molecule has 0 aromatic heterocycles. The first kappa shape index (κ1) is 13.8. The fraction of sp³-hybridized carbons (Fsp3) is 0.357. The molecule has 19 heavy (non-hydrogen) atoms. The number of carbonyl (C=O) groups is 1. The maximum Gasteiger partial charge on any atom is 0.239 e. The third-order valence-corrected chi connectivity index (χ3v) is 4.76. The highest BCUT2D eigenvalue weighted by Gasteiger charge is 2.54. The Hall–Kier alpha value is -1.62. The fourth-order valence-corrected chi connectivity index (χ4v) is 3.31. The van der Waals surface area contributed by atoms with Gasteiger partial charge in [0.1, 0.15) is 0 Å². The number of amides is 1. The van der Waals surface area contributed by atoms with Crippen molar-refractivity contribution in [2.24, 2.45) is 11.3 Å². The largest absolute Gasteiger partial charge is 0.273 e. The number of hydrogen-bond donors (Lipinski definition) is 1. The van der Waals surface area contributed by atoms with E-state index < -0.39 is 21.3 Å². The van der Waals surface area contributed by atoms with Gasteiger partial charge in [-0.15, -0.1) is 6.58 Å². The smallest absolute Gasteiger partial charge is 0.239 e. The van der Waals surface area contributed by atoms with Crippen LogP contribution in [0.3, 0.4) is 0 Å². The van der Waals surface area contributed by atoms with Crippen molar-refractivity contribution in [2.45, 2.75) is 19.1 Å². The molecule has 1 N–H and O–H groups in total. The summed E-state index contributed by atoms with van der Waals surface area (Å²) in [6.45, 7) is 5.39. The first-order valence-electron chi connectivity index (χ1n) is 6.09. The van der Waals surface area contributed by atoms with Gasteiger partial charge in [0.05, 0.1) is 11.2 Å². The summed E-state index contributed by atoms with van der Waals surface area (Å²) in [6.07, 6.45) is 2.35. The van der Waals surface area contributed by atoms with Crippen LogP contribution in [0.2, 0.25) is 0 Å². The lowest BCUT2D eigenvalue weighted by atomic mass is 10.1. The van der Waals surface area contributed by atoms with E-state index in [1.165, 1.54) is 0 Å². The van der Waals surface area contributed by atoms with E-state index in [-0.39, 0.29) is 11.7 Å². The molecule has 102 valence electrons. The molecule has 1 aromatic rings. The molecule has 1 fully saturated rings. The Morgan fingerprint density at radius 1 is 1.47 bits per heavy atom. The highest BCUT2D eigenvalue weighted by atomic mass is 32.2. The van der Waals surface area contributed by atoms with Crippen molar-refractivity contribution >= 4 is 15.9 Å². The van der Waals surface area contributed by atoms with Gasteiger partial charge in [0.2, 0.25) is 15.9 Å². The second-order valence-electron chi connectivity index (χ2n) is 5.14. The molecule has 0 aliphatic heterocycles. The van der Waals surface area contributed by atoms with E-state index in [4.69, 9.17) is 0 Å². The van der Waals surface area contributed by atoms with E-state index in [1.807, 2.05) is 6.07 Å². The highest BCUT2D eigenvalue weighted by molar-refractivity contribution is 7.89. The molecule has 0 radical (unpaired) electrons. The van der Waals surface area contributed by atoms with Gasteiger partial charge in [-0.25, -0.2) is 8.42 Å². The Labute approximate surface area is 113 Å². The summed E-state index contributed by atoms with van der Waals surface area (Å²) < 4.78 is 26.0. The monoisotopic (exact) mass is 279 g/mol. The Morgan fingerprint density at radius 2 is 2.11 bits per heavy atom. The number of carbonyl (C=O) groups excluding carboxylic acids is 1. The molecule has 1 aliphatic carbocycles. The quantitative estimate of drug-likeness (QED) is 0.837. The van der Waals surface area contributed by atoms with Gasteiger partial charge >= 0.3 is 0 Å². The highest BCUT2D eigenvalue weighted by Crippen LogP contribution is 2.53. The van der Waals surface area contributed by atoms with Crippen LogP contribution in [0.4, 0.5) is 0 Å². The standard InChI is InChI=1S/C14H17NO3S/c1-3-12-9-14(12,2)13(16)15-19(17,18)10-11-7-5-4-6-8-11/h3-8,12H,1,9-10H2,2H3,(H,15,16)/t12-,14+/m1/s1. The number of nitrogens with one attached hydrogen (secondary N) is 1. The number of hydrogen-bond acceptors (Lipinski definition) is 3. The SMILES string of the molecule is C=C[C@@H]1C[C@]1(C)C(=O)NS(=O)(=O)Cc1ccccc1. The van der Waals surface area contributed by atoms with Gasteiger partial charge in [0.15, 0.2) is 0 Å². The molecule has 1 saturated carbocycles. The molecule has 1 amide bonds. The minimum absolute atomic E-state index is 0.0689. The van der Waals surface area contributed by atoms with Gasteiger partial charge in [-0.05, 0) is 17.9 Å². The van der Waals surface area contributed by atoms with Crippen molar-refractivity contribution in [3.05, 3.63) is 48.6 Å². The van der Waals surface area contributed by atoms with Gasteiger partial charge < -0.3 is 0 Å². The van der Waals surface area contributed by atoms with Crippen LogP contribution in [0, 0.1) is 11.3 Å². The molecule has 0 heterocycles. The second kappa shape index (κ2) is 4.81. The zero-order chi connectivity index (χ0) is 14.1. The number of rotatable bonds is 5. The maximum atomic E-state index is 12.0. The minimum Gasteiger partial charge on any atom is -0.273 e. The van der Waals surface area contributed by atoms with Crippen LogP contribution in [0.25, 0.3) is 0 Å². The van der Waals surface area contributed by atoms with Crippen LogP contribution < -0.4 is 4.72 Å². The van der Waals surface area contributed by atoms with Crippen LogP contribution in [0.1, 0.15) is 18.9 Å². The molecular formula is C14H17NO3S. The molecule has 0 bridgehead atoms. The lowest BCUT2D eigenvalue weighted by Crippen LogP contribution is -2.37. The normalized spacial score (nSPS) is 25.6. The average molecular weight is 279 g/mol. The molecule has 1 aromatic carbocycles. The summed E-state index contributed by atoms with van der Waals surface area (Å²) in [6, 6.07) is 8.78. The van der Waals surface area contributed by atoms with E-state index in [1.54, 1.807) is 37.3 Å². The summed E-state index contributed by atoms with van der Waals surface area (Å²) >= 11 is 0. The molecule has 0 spiro atoms. The Balaban J connectivity index is 2.03. The number of allylic oxidation sites excluding steroid dienone is 1. The predicted octanol–water partition coefficient (Wildman–Crippen LogP) is 1.84. The topological polar surface area (TPSA) is 63.2 Å². The zero-order valence-electron chi connectivity index (χ0n) is 10.8. The first-order valence-corrected chi connectivity index (χ1v) is 7.74. The Bertz CT molecular complexity index is 594. The van der Waals surface area contributed by atoms with Crippen molar-refractivity contribution in [3.8, 4) is 0 Å². The van der Waals surface area contributed by atoms with E-state index in [9.17, 15) is 13.2 Å². The lowest BCUT2D eigenvalue weighted by molar-refractivity contribution is -0.124. The van der Waals surface area contributed by atoms with Crippen LogP contribution in [0.5, 0.6) is 0 Å². The van der Waals surface area contributed by atoms with E-state index in [2.05, 4.69) is 11.3 Å². The summed E-state index contributed by atoms with van der Waals surface area (Å²) in [7, 11) is -3.64. The van der Waals surface area contributed by atoms with Gasteiger partial charge in [-0.2, -0.15) is 0 Å². The van der Waals surface area contributed by atoms with Crippen LogP contribution in [-0.4, -0.2) is 14.3 Å². The molecule has 0 saturated heterocycles. The third-order valence-electron chi connectivity index (χ3n) is 3.55. The second-order valence-corrected chi connectivity index (χ2v) is 6.86. The van der Waals surface area contributed by atoms with Crippen molar-refractivity contribution in [1.29, 1.82) is 0 Å². The molecule has 4 nitrogen and oxygen atoms in total. The van der Waals surface area contributed by atoms with E-state index in [0.29, 0.717) is 12.0 Å². The van der Waals surface area contributed by atoms with Gasteiger partial charge in [0, 0.05) is 0 Å². The van der Waals surface area contributed by atoms with Crippen molar-refractivity contribution in [3.63, 3.8) is 0 Å². The van der Waals surface area contributed by atoms with Crippen molar-refractivity contribution < 1.29 is 13.2 Å². The van der Waals surface area contributed by atoms with Crippen LogP contribution >= 0.6 is 0 Å². The zero-order valence-corrected chi connectivity index (χ0v) is 11.6. The Morgan fingerprint density at radius 3 is 2.63 bits per heavy atom. The molecule has 2 atom stereocenters. The summed E-state index contributed by atoms with van der Waals surface area (Å²) in [5.41, 5.74) is 0.0370. The van der Waals surface area contributed by atoms with Gasteiger partial charge in [-0.3, -0.25) is 9.52 Å². The van der Waals surface area contributed by atoms with Crippen LogP contribution in [0.15, 0.2) is 43.0 Å². The predicted molar refractivity (Wildman–Crippen MR) is 73.6 cm³/mol. The average Bonchev–Trinajstić information content (AvgIpc) is 3.02. The van der Waals surface area contributed by atoms with E-state index in [0.717, 1.165) is 0 Å². The molecule has 2 rings (SSSR count). The first-order chi connectivity index (χ1) is 8.87. The summed E-state index contributed by atoms with van der Waals surface area (Å²) in [5.74, 6) is -0.554. The molecule has 5 heteroatoms. The molecule has 0 unspecified atom stereocenters. The molecule has 1 aliphatic rings. The van der Waals surface area contributed by atoms with Gasteiger partial charge in [0.25, 0.3) is 0 Å². The summed E-state index contributed by atoms with van der Waals surface area (Å²) in [5, 5.41) is 0. The number of sulfonamides is 1. The molecular weight excluding hydrogens is 262 g/mol. The third kappa shape index (κ3) is 3.04. The van der Waals surface area contributed by atoms with Crippen molar-refractivity contribution in [2.75, 3.05) is 0 Å². The number of benzene rings is 1. The van der Waals surface area contributed by atoms with E-state index >= 15 is 0 Å². The van der Waals surface area contributed by atoms with Crippen molar-refractivity contribution in [1.82, 2.24) is 4.72 Å². The maximum absolute atomic E-state index is 12.0. The van der Waals surface area contributed by atoms with Gasteiger partial charge in [-0.1, -0.05) is 43.3 Å². The lowest BCUT2D eigenvalue weighted by Gasteiger charge is -2.11. The Kier molecular flexibility index (Phi) is 3.49. The minimum atomic E-state index is -3.64. The fourth-order valence-electron chi connectivity index (χ4n) is 2.09. The van der Waals surface area contributed by atoms with Crippen LogP contribution in [-0.2, 0) is 20.6 Å².